The lowest BCUT2D eigenvalue weighted by atomic mass is 10.1. The monoisotopic (exact) mass is 402 g/mol. The van der Waals surface area contributed by atoms with E-state index in [0.29, 0.717) is 11.5 Å². The van der Waals surface area contributed by atoms with E-state index in [-0.39, 0.29) is 12.4 Å². The molecule has 0 radical (unpaired) electrons. The van der Waals surface area contributed by atoms with Crippen LogP contribution < -0.4 is 14.9 Å². The van der Waals surface area contributed by atoms with Gasteiger partial charge in [-0.2, -0.15) is 13.5 Å². The Bertz CT molecular complexity index is 1180. The average Bonchev–Trinajstić information content (AvgIpc) is 3.15. The first-order chi connectivity index (χ1) is 13.4. The zero-order valence-electron chi connectivity index (χ0n) is 14.2. The lowest BCUT2D eigenvalue weighted by Gasteiger charge is -2.25. The number of hydrazone groups is 1. The molecule has 0 fully saturated rings. The zero-order valence-corrected chi connectivity index (χ0v) is 15.0. The van der Waals surface area contributed by atoms with Gasteiger partial charge in [-0.25, -0.2) is 5.43 Å². The van der Waals surface area contributed by atoms with Crippen LogP contribution in [0.25, 0.3) is 10.8 Å². The summed E-state index contributed by atoms with van der Waals surface area (Å²) >= 11 is 0. The van der Waals surface area contributed by atoms with E-state index in [9.17, 15) is 13.2 Å². The summed E-state index contributed by atoms with van der Waals surface area (Å²) in [4.78, 5) is 12.2. The summed E-state index contributed by atoms with van der Waals surface area (Å²) in [6, 6.07) is 13.7. The number of fused-ring (bicyclic) bond motifs is 2. The highest BCUT2D eigenvalue weighted by Crippen LogP contribution is 2.35. The summed E-state index contributed by atoms with van der Waals surface area (Å²) in [5.41, 5.74) is 2.27. The molecule has 0 saturated heterocycles. The van der Waals surface area contributed by atoms with Crippen molar-refractivity contribution in [1.29, 1.82) is 0 Å². The van der Waals surface area contributed by atoms with E-state index in [1.807, 2.05) is 30.3 Å². The quantitative estimate of drug-likeness (QED) is 0.388. The molecule has 2 N–H and O–H groups in total. The van der Waals surface area contributed by atoms with Crippen molar-refractivity contribution in [2.24, 2.45) is 5.10 Å². The van der Waals surface area contributed by atoms with Crippen molar-refractivity contribution in [2.45, 2.75) is 11.2 Å². The third kappa shape index (κ3) is 3.68. The molecule has 144 valence electrons. The van der Waals surface area contributed by atoms with Gasteiger partial charge in [0, 0.05) is 0 Å². The van der Waals surface area contributed by atoms with Gasteiger partial charge < -0.3 is 13.9 Å². The van der Waals surface area contributed by atoms with Crippen LogP contribution in [-0.4, -0.2) is 37.8 Å². The standard InChI is InChI=1S/C18H14N2O7S/c21-18(20-19-9-13-5-6-17(26-13)28(22,23)24)16-10-25-14-7-11-3-1-2-4-12(11)8-15(14)27-16/h1-9,16H,10H2,(H,20,21)(H,22,23,24)/b19-9-. The summed E-state index contributed by atoms with van der Waals surface area (Å²) in [5.74, 6) is 0.500. The molecular formula is C18H14N2O7S. The first-order valence-electron chi connectivity index (χ1n) is 8.13. The second kappa shape index (κ2) is 6.98. The van der Waals surface area contributed by atoms with Crippen LogP contribution in [0.5, 0.6) is 11.5 Å². The number of nitrogens with one attached hydrogen (secondary N) is 1. The Kier molecular flexibility index (Phi) is 4.49. The van der Waals surface area contributed by atoms with Gasteiger partial charge in [0.05, 0.1) is 6.21 Å². The Balaban J connectivity index is 1.42. The minimum absolute atomic E-state index is 0.0142. The summed E-state index contributed by atoms with van der Waals surface area (Å²) in [6.07, 6.45) is 0.188. The van der Waals surface area contributed by atoms with Crippen LogP contribution in [-0.2, 0) is 14.9 Å². The molecule has 1 aliphatic rings. The lowest BCUT2D eigenvalue weighted by molar-refractivity contribution is -0.130. The van der Waals surface area contributed by atoms with E-state index in [2.05, 4.69) is 10.5 Å². The SMILES string of the molecule is O=C(N/N=C\c1ccc(S(=O)(=O)O)o1)C1COc2cc3ccccc3cc2O1. The molecule has 28 heavy (non-hydrogen) atoms. The minimum Gasteiger partial charge on any atom is -0.485 e. The van der Waals surface area contributed by atoms with Gasteiger partial charge in [0.25, 0.3) is 5.91 Å². The minimum atomic E-state index is -4.44. The average molecular weight is 402 g/mol. The zero-order chi connectivity index (χ0) is 19.7. The normalized spacial score (nSPS) is 16.4. The van der Waals surface area contributed by atoms with Gasteiger partial charge in [0.2, 0.25) is 11.2 Å². The van der Waals surface area contributed by atoms with E-state index in [1.54, 1.807) is 6.07 Å². The first-order valence-corrected chi connectivity index (χ1v) is 9.57. The molecule has 9 nitrogen and oxygen atoms in total. The molecular weight excluding hydrogens is 388 g/mol. The van der Waals surface area contributed by atoms with Crippen molar-refractivity contribution in [1.82, 2.24) is 5.43 Å². The lowest BCUT2D eigenvalue weighted by Crippen LogP contribution is -2.42. The number of hydrogen-bond donors (Lipinski definition) is 2. The highest BCUT2D eigenvalue weighted by Gasteiger charge is 2.27. The van der Waals surface area contributed by atoms with Crippen LogP contribution in [0.15, 0.2) is 63.1 Å². The second-order valence-electron chi connectivity index (χ2n) is 5.93. The summed E-state index contributed by atoms with van der Waals surface area (Å²) in [7, 11) is -4.44. The van der Waals surface area contributed by atoms with Crippen molar-refractivity contribution < 1.29 is 31.7 Å². The van der Waals surface area contributed by atoms with Crippen LogP contribution in [0.2, 0.25) is 0 Å². The van der Waals surface area contributed by atoms with Crippen molar-refractivity contribution in [2.75, 3.05) is 6.61 Å². The van der Waals surface area contributed by atoms with Crippen molar-refractivity contribution in [3.63, 3.8) is 0 Å². The third-order valence-corrected chi connectivity index (χ3v) is 4.71. The Labute approximate surface area is 159 Å². The molecule has 1 atom stereocenters. The fourth-order valence-electron chi connectivity index (χ4n) is 2.66. The number of carbonyl (C=O) groups excluding carboxylic acids is 1. The van der Waals surface area contributed by atoms with Gasteiger partial charge in [-0.05, 0) is 35.0 Å². The van der Waals surface area contributed by atoms with Crippen LogP contribution in [0.1, 0.15) is 5.76 Å². The largest absolute Gasteiger partial charge is 0.485 e. The molecule has 2 aromatic carbocycles. The van der Waals surface area contributed by atoms with Gasteiger partial charge in [0.1, 0.15) is 12.4 Å². The molecule has 1 amide bonds. The highest BCUT2D eigenvalue weighted by atomic mass is 32.2. The fourth-order valence-corrected chi connectivity index (χ4v) is 3.10. The second-order valence-corrected chi connectivity index (χ2v) is 7.28. The molecule has 1 unspecified atom stereocenters. The Morgan fingerprint density at radius 3 is 2.54 bits per heavy atom. The summed E-state index contributed by atoms with van der Waals surface area (Å²) < 4.78 is 46.9. The molecule has 10 heteroatoms. The Hall–Kier alpha value is -3.37. The smallest absolute Gasteiger partial charge is 0.328 e. The van der Waals surface area contributed by atoms with Crippen molar-refractivity contribution in [3.8, 4) is 11.5 Å². The van der Waals surface area contributed by atoms with Gasteiger partial charge in [-0.15, -0.1) is 0 Å². The van der Waals surface area contributed by atoms with E-state index in [4.69, 9.17) is 18.4 Å². The molecule has 0 saturated carbocycles. The fraction of sp³-hybridized carbons (Fsp3) is 0.111. The van der Waals surface area contributed by atoms with Crippen LogP contribution >= 0.6 is 0 Å². The van der Waals surface area contributed by atoms with Crippen LogP contribution in [0, 0.1) is 0 Å². The highest BCUT2D eigenvalue weighted by molar-refractivity contribution is 7.85. The summed E-state index contributed by atoms with van der Waals surface area (Å²) in [6.45, 7) is 0.0142. The van der Waals surface area contributed by atoms with Crippen LogP contribution in [0.4, 0.5) is 0 Å². The van der Waals surface area contributed by atoms with E-state index in [0.717, 1.165) is 23.1 Å². The van der Waals surface area contributed by atoms with Crippen molar-refractivity contribution in [3.05, 3.63) is 54.3 Å². The molecule has 0 bridgehead atoms. The van der Waals surface area contributed by atoms with Crippen molar-refractivity contribution >= 4 is 33.0 Å². The maximum absolute atomic E-state index is 12.2. The number of nitrogens with zero attached hydrogens (tertiary/aromatic N) is 1. The maximum Gasteiger partial charge on any atom is 0.328 e. The van der Waals surface area contributed by atoms with Gasteiger partial charge in [-0.3, -0.25) is 9.35 Å². The van der Waals surface area contributed by atoms with Gasteiger partial charge in [0.15, 0.2) is 11.5 Å². The predicted octanol–water partition coefficient (Wildman–Crippen LogP) is 1.97. The third-order valence-electron chi connectivity index (χ3n) is 3.99. The molecule has 0 aliphatic carbocycles. The van der Waals surface area contributed by atoms with Crippen LogP contribution in [0.3, 0.4) is 0 Å². The summed E-state index contributed by atoms with van der Waals surface area (Å²) in [5, 5.41) is 5.03. The number of hydrogen-bond acceptors (Lipinski definition) is 7. The maximum atomic E-state index is 12.2. The Morgan fingerprint density at radius 2 is 1.86 bits per heavy atom. The number of ether oxygens (including phenoxy) is 2. The van der Waals surface area contributed by atoms with Gasteiger partial charge >= 0.3 is 10.1 Å². The molecule has 1 aromatic heterocycles. The van der Waals surface area contributed by atoms with E-state index in [1.165, 1.54) is 6.07 Å². The Morgan fingerprint density at radius 1 is 1.14 bits per heavy atom. The number of amides is 1. The first kappa shape index (κ1) is 18.0. The number of rotatable bonds is 4. The molecule has 1 aliphatic heterocycles. The number of benzene rings is 2. The number of furan rings is 1. The number of carbonyl (C=O) groups is 1. The topological polar surface area (TPSA) is 127 Å². The van der Waals surface area contributed by atoms with E-state index >= 15 is 0 Å². The molecule has 2 heterocycles. The molecule has 4 rings (SSSR count). The molecule has 0 spiro atoms. The van der Waals surface area contributed by atoms with Gasteiger partial charge in [-0.1, -0.05) is 24.3 Å². The predicted molar refractivity (Wildman–Crippen MR) is 98.1 cm³/mol. The molecule has 3 aromatic rings. The van der Waals surface area contributed by atoms with E-state index < -0.39 is 27.2 Å².